The molecule has 5 heteroatoms. The lowest BCUT2D eigenvalue weighted by Crippen LogP contribution is -2.01. The fourth-order valence-electron chi connectivity index (χ4n) is 0.962. The normalized spacial score (nSPS) is 9.21. The number of carbonyl (C=O) groups is 1. The summed E-state index contributed by atoms with van der Waals surface area (Å²) in [7, 11) is 1.23. The number of aromatic hydroxyl groups is 1. The van der Waals surface area contributed by atoms with Crippen molar-refractivity contribution in [2.45, 2.75) is 4.90 Å². The smallest absolute Gasteiger partial charge is 0.338 e. The van der Waals surface area contributed by atoms with Gasteiger partial charge < -0.3 is 9.84 Å². The number of rotatable bonds is 1. The molecule has 0 radical (unpaired) electrons. The summed E-state index contributed by atoms with van der Waals surface area (Å²) in [5.74, 6) is -0.861. The van der Waals surface area contributed by atoms with E-state index in [2.05, 4.69) is 17.4 Å². The standard InChI is InChI=1S/C9H7NO3S/c1-13-9(12)5-2-7(11)6(4-10)8(14)3-5/h2-3,11,14H,1H3. The van der Waals surface area contributed by atoms with Gasteiger partial charge in [-0.15, -0.1) is 12.6 Å². The topological polar surface area (TPSA) is 70.3 Å². The summed E-state index contributed by atoms with van der Waals surface area (Å²) < 4.78 is 4.45. The SMILES string of the molecule is COC(=O)c1cc(O)c(C#N)c(S)c1. The van der Waals surface area contributed by atoms with E-state index in [4.69, 9.17) is 5.26 Å². The molecule has 0 unspecified atom stereocenters. The number of phenolic OH excluding ortho intramolecular Hbond substituents is 1. The Morgan fingerprint density at radius 2 is 2.29 bits per heavy atom. The third kappa shape index (κ3) is 1.80. The van der Waals surface area contributed by atoms with Crippen molar-refractivity contribution >= 4 is 18.6 Å². The second kappa shape index (κ2) is 4.03. The van der Waals surface area contributed by atoms with Crippen LogP contribution in [0.3, 0.4) is 0 Å². The number of hydrogen-bond donors (Lipinski definition) is 2. The van der Waals surface area contributed by atoms with Gasteiger partial charge in [0, 0.05) is 4.90 Å². The lowest BCUT2D eigenvalue weighted by molar-refractivity contribution is 0.0600. The molecule has 0 amide bonds. The van der Waals surface area contributed by atoms with Gasteiger partial charge in [-0.2, -0.15) is 5.26 Å². The maximum absolute atomic E-state index is 11.1. The third-order valence-corrected chi connectivity index (χ3v) is 1.98. The van der Waals surface area contributed by atoms with E-state index in [0.717, 1.165) is 0 Å². The molecule has 0 bridgehead atoms. The second-order valence-corrected chi connectivity index (χ2v) is 2.97. The van der Waals surface area contributed by atoms with E-state index in [0.29, 0.717) is 0 Å². The van der Waals surface area contributed by atoms with Gasteiger partial charge in [-0.25, -0.2) is 4.79 Å². The van der Waals surface area contributed by atoms with Crippen LogP contribution in [-0.4, -0.2) is 18.2 Å². The molecule has 0 heterocycles. The van der Waals surface area contributed by atoms with E-state index in [1.54, 1.807) is 6.07 Å². The van der Waals surface area contributed by atoms with Crippen LogP contribution in [0.2, 0.25) is 0 Å². The molecule has 0 aliphatic carbocycles. The Kier molecular flexibility index (Phi) is 2.99. The number of benzene rings is 1. The highest BCUT2D eigenvalue weighted by Gasteiger charge is 2.12. The van der Waals surface area contributed by atoms with E-state index in [9.17, 15) is 9.90 Å². The molecular formula is C9H7NO3S. The molecule has 0 saturated heterocycles. The average molecular weight is 209 g/mol. The Balaban J connectivity index is 3.29. The first kappa shape index (κ1) is 10.4. The van der Waals surface area contributed by atoms with Crippen LogP contribution in [-0.2, 0) is 4.74 Å². The molecule has 1 N–H and O–H groups in total. The lowest BCUT2D eigenvalue weighted by Gasteiger charge is -2.03. The highest BCUT2D eigenvalue weighted by atomic mass is 32.1. The Morgan fingerprint density at radius 1 is 1.64 bits per heavy atom. The molecule has 0 aliphatic rings. The molecule has 1 aromatic rings. The number of hydrogen-bond acceptors (Lipinski definition) is 5. The molecule has 0 atom stereocenters. The highest BCUT2D eigenvalue weighted by Crippen LogP contribution is 2.25. The summed E-state index contributed by atoms with van der Waals surface area (Å²) in [6.07, 6.45) is 0. The molecule has 0 saturated carbocycles. The zero-order chi connectivity index (χ0) is 10.7. The zero-order valence-electron chi connectivity index (χ0n) is 7.31. The van der Waals surface area contributed by atoms with Crippen molar-refractivity contribution in [3.05, 3.63) is 23.3 Å². The molecule has 0 aliphatic heterocycles. The zero-order valence-corrected chi connectivity index (χ0v) is 8.21. The first-order valence-corrected chi connectivity index (χ1v) is 4.09. The fraction of sp³-hybridized carbons (Fsp3) is 0.111. The van der Waals surface area contributed by atoms with Gasteiger partial charge >= 0.3 is 5.97 Å². The van der Waals surface area contributed by atoms with E-state index in [-0.39, 0.29) is 21.8 Å². The number of methoxy groups -OCH3 is 1. The first-order valence-electron chi connectivity index (χ1n) is 3.64. The van der Waals surface area contributed by atoms with E-state index in [1.807, 2.05) is 0 Å². The summed E-state index contributed by atoms with van der Waals surface area (Å²) in [5.41, 5.74) is 0.204. The Labute approximate surface area is 86.1 Å². The minimum Gasteiger partial charge on any atom is -0.506 e. The minimum absolute atomic E-state index is 0.0426. The number of thiol groups is 1. The molecule has 1 aromatic carbocycles. The van der Waals surface area contributed by atoms with Crippen molar-refractivity contribution in [1.82, 2.24) is 0 Å². The van der Waals surface area contributed by atoms with Crippen molar-refractivity contribution in [3.8, 4) is 11.8 Å². The largest absolute Gasteiger partial charge is 0.506 e. The summed E-state index contributed by atoms with van der Waals surface area (Å²) in [6.45, 7) is 0. The summed E-state index contributed by atoms with van der Waals surface area (Å²) in [5, 5.41) is 17.9. The van der Waals surface area contributed by atoms with Gasteiger partial charge in [0.1, 0.15) is 17.4 Å². The van der Waals surface area contributed by atoms with Crippen LogP contribution in [0.4, 0.5) is 0 Å². The average Bonchev–Trinajstić information content (AvgIpc) is 2.16. The van der Waals surface area contributed by atoms with Crippen LogP contribution in [0, 0.1) is 11.3 Å². The number of ether oxygens (including phenoxy) is 1. The molecule has 0 fully saturated rings. The number of nitriles is 1. The maximum Gasteiger partial charge on any atom is 0.338 e. The minimum atomic E-state index is -0.583. The molecule has 0 aromatic heterocycles. The Bertz CT molecular complexity index is 400. The van der Waals surface area contributed by atoms with E-state index >= 15 is 0 Å². The molecule has 1 rings (SSSR count). The number of nitrogens with zero attached hydrogens (tertiary/aromatic N) is 1. The van der Waals surface area contributed by atoms with Gasteiger partial charge in [-0.1, -0.05) is 0 Å². The molecule has 14 heavy (non-hydrogen) atoms. The van der Waals surface area contributed by atoms with Gasteiger partial charge in [0.15, 0.2) is 0 Å². The maximum atomic E-state index is 11.1. The first-order chi connectivity index (χ1) is 6.60. The number of esters is 1. The van der Waals surface area contributed by atoms with E-state index in [1.165, 1.54) is 19.2 Å². The number of phenols is 1. The predicted octanol–water partition coefficient (Wildman–Crippen LogP) is 1.34. The Hall–Kier alpha value is -1.67. The van der Waals surface area contributed by atoms with Crippen molar-refractivity contribution < 1.29 is 14.6 Å². The van der Waals surface area contributed by atoms with Crippen LogP contribution in [0.5, 0.6) is 5.75 Å². The van der Waals surface area contributed by atoms with Crippen molar-refractivity contribution in [1.29, 1.82) is 5.26 Å². The van der Waals surface area contributed by atoms with E-state index < -0.39 is 5.97 Å². The van der Waals surface area contributed by atoms with Crippen LogP contribution in [0.15, 0.2) is 17.0 Å². The number of carbonyl (C=O) groups excluding carboxylic acids is 1. The fourth-order valence-corrected chi connectivity index (χ4v) is 1.27. The summed E-state index contributed by atoms with van der Waals surface area (Å²) in [4.78, 5) is 11.3. The molecule has 4 nitrogen and oxygen atoms in total. The third-order valence-electron chi connectivity index (χ3n) is 1.63. The van der Waals surface area contributed by atoms with Crippen molar-refractivity contribution in [3.63, 3.8) is 0 Å². The van der Waals surface area contributed by atoms with Gasteiger partial charge in [-0.3, -0.25) is 0 Å². The predicted molar refractivity (Wildman–Crippen MR) is 51.4 cm³/mol. The lowest BCUT2D eigenvalue weighted by atomic mass is 10.1. The molecular weight excluding hydrogens is 202 g/mol. The van der Waals surface area contributed by atoms with Crippen molar-refractivity contribution in [2.24, 2.45) is 0 Å². The summed E-state index contributed by atoms with van der Waals surface area (Å²) >= 11 is 3.96. The summed E-state index contributed by atoms with van der Waals surface area (Å²) in [6, 6.07) is 4.31. The van der Waals surface area contributed by atoms with Crippen LogP contribution < -0.4 is 0 Å². The molecule has 72 valence electrons. The van der Waals surface area contributed by atoms with Crippen molar-refractivity contribution in [2.75, 3.05) is 7.11 Å². The molecule has 0 spiro atoms. The Morgan fingerprint density at radius 3 is 2.71 bits per heavy atom. The second-order valence-electron chi connectivity index (χ2n) is 2.49. The van der Waals surface area contributed by atoms with Gasteiger partial charge in [-0.05, 0) is 12.1 Å². The van der Waals surface area contributed by atoms with Gasteiger partial charge in [0.2, 0.25) is 0 Å². The van der Waals surface area contributed by atoms with Crippen LogP contribution in [0.1, 0.15) is 15.9 Å². The monoisotopic (exact) mass is 209 g/mol. The van der Waals surface area contributed by atoms with Crippen LogP contribution in [0.25, 0.3) is 0 Å². The van der Waals surface area contributed by atoms with Crippen LogP contribution >= 0.6 is 12.6 Å². The van der Waals surface area contributed by atoms with Gasteiger partial charge in [0.05, 0.1) is 12.7 Å². The highest BCUT2D eigenvalue weighted by molar-refractivity contribution is 7.80. The van der Waals surface area contributed by atoms with Gasteiger partial charge in [0.25, 0.3) is 0 Å². The quantitative estimate of drug-likeness (QED) is 0.541.